The van der Waals surface area contributed by atoms with Gasteiger partial charge in [-0.2, -0.15) is 0 Å². The van der Waals surface area contributed by atoms with Crippen LogP contribution in [0.1, 0.15) is 287 Å². The normalized spacial score (nSPS) is 13.8. The van der Waals surface area contributed by atoms with Crippen molar-refractivity contribution in [2.45, 2.75) is 297 Å². The van der Waals surface area contributed by atoms with Crippen LogP contribution in [0.25, 0.3) is 66.5 Å². The predicted octanol–water partition coefficient (Wildman–Crippen LogP) is 28.7. The quantitative estimate of drug-likeness (QED) is 0.0183. The molecule has 9 nitrogen and oxygen atoms in total. The Bertz CT molecular complexity index is 4290. The third kappa shape index (κ3) is 32.0. The number of aliphatic hydroxyl groups excluding tert-OH is 5. The molecule has 0 aliphatic heterocycles. The maximum atomic E-state index is 11.7. The number of carbonyl (C=O) groups is 1. The molecule has 2 atom stereocenters. The van der Waals surface area contributed by atoms with Crippen LogP contribution >= 0.6 is 0 Å². The van der Waals surface area contributed by atoms with Gasteiger partial charge in [0.2, 0.25) is 0 Å². The first-order chi connectivity index (χ1) is 54.2. The zero-order chi connectivity index (χ0) is 82.8. The SMILES string of the molecule is CCC(CC)C(=O)C=C(O)C(CC)CC.CCC(CC)C(O)=CC(O)C(CC)CC.CCC(CC)C(O)=CC(O)C(CC)CC.Cc1[c-]c(-c2ccc3c(C4CCCC4)cccc3n2)cc(C)c1.Cc1[c-]c(-c2ccc3c(CC(C)C)cccc3n2)cc(C)c1.Cc1[c-]c(-c2ccc3ccc(C4CCCC4)cc3n2)cc(C)c1.[Ir].[Ir].[Ir]. The number of rotatable bonds is 28. The number of aromatic nitrogens is 3. The van der Waals surface area contributed by atoms with Gasteiger partial charge in [0.1, 0.15) is 0 Å². The minimum absolute atomic E-state index is 0. The Hall–Kier alpha value is -6.29. The number of hydrogen-bond donors (Lipinski definition) is 5. The minimum atomic E-state index is -0.499. The maximum Gasteiger partial charge on any atom is 0.162 e. The van der Waals surface area contributed by atoms with Crippen LogP contribution in [0.15, 0.2) is 163 Å². The molecule has 6 aromatic carbocycles. The molecule has 9 aromatic rings. The molecule has 11 rings (SSSR count). The second-order valence-electron chi connectivity index (χ2n) is 32.6. The summed E-state index contributed by atoms with van der Waals surface area (Å²) in [6, 6.07) is 56.1. The van der Waals surface area contributed by atoms with E-state index in [1.807, 2.05) is 27.7 Å². The fraction of sp³-hybridized carbons (Fsp3) is 0.500. The smallest absolute Gasteiger partial charge is 0.162 e. The molecule has 5 N–H and O–H groups in total. The van der Waals surface area contributed by atoms with Crippen LogP contribution in [-0.4, -0.2) is 58.5 Å². The van der Waals surface area contributed by atoms with Crippen molar-refractivity contribution < 1.29 is 90.6 Å². The molecule has 2 saturated carbocycles. The molecule has 3 heterocycles. The van der Waals surface area contributed by atoms with E-state index in [1.54, 1.807) is 12.2 Å². The Morgan fingerprint density at radius 1 is 0.414 bits per heavy atom. The Morgan fingerprint density at radius 2 is 0.776 bits per heavy atom. The van der Waals surface area contributed by atoms with Crippen molar-refractivity contribution in [1.82, 2.24) is 15.0 Å². The number of aliphatic hydroxyl groups is 5. The average Bonchev–Trinajstić information content (AvgIpc) is 1.51. The summed E-state index contributed by atoms with van der Waals surface area (Å²) in [4.78, 5) is 26.4. The molecule has 639 valence electrons. The van der Waals surface area contributed by atoms with E-state index in [4.69, 9.17) is 15.0 Å². The van der Waals surface area contributed by atoms with Gasteiger partial charge in [0.05, 0.1) is 46.0 Å². The third-order valence-electron chi connectivity index (χ3n) is 23.5. The Kier molecular flexibility index (Phi) is 48.4. The van der Waals surface area contributed by atoms with Gasteiger partial charge in [0.15, 0.2) is 5.78 Å². The minimum Gasteiger partial charge on any atom is -0.512 e. The van der Waals surface area contributed by atoms with Crippen LogP contribution in [0.2, 0.25) is 0 Å². The van der Waals surface area contributed by atoms with Gasteiger partial charge >= 0.3 is 0 Å². The van der Waals surface area contributed by atoms with Gasteiger partial charge in [-0.05, 0) is 183 Å². The van der Waals surface area contributed by atoms with E-state index in [9.17, 15) is 30.3 Å². The maximum absolute atomic E-state index is 11.7. The van der Waals surface area contributed by atoms with Crippen molar-refractivity contribution in [3.05, 3.63) is 231 Å². The zero-order valence-corrected chi connectivity index (χ0v) is 81.2. The largest absolute Gasteiger partial charge is 0.512 e. The topological polar surface area (TPSA) is 157 Å². The van der Waals surface area contributed by atoms with Gasteiger partial charge in [0.25, 0.3) is 0 Å². The van der Waals surface area contributed by atoms with Crippen LogP contribution in [0.5, 0.6) is 0 Å². The number of ketones is 1. The molecule has 0 bridgehead atoms. The van der Waals surface area contributed by atoms with Gasteiger partial charge in [-0.3, -0.25) is 19.7 Å². The van der Waals surface area contributed by atoms with Crippen molar-refractivity contribution in [1.29, 1.82) is 0 Å². The molecule has 2 fully saturated rings. The van der Waals surface area contributed by atoms with Crippen LogP contribution in [0.4, 0.5) is 0 Å². The zero-order valence-electron chi connectivity index (χ0n) is 74.0. The number of carbonyl (C=O) groups excluding carboxylic acids is 1. The van der Waals surface area contributed by atoms with Gasteiger partial charge in [0, 0.05) is 101 Å². The van der Waals surface area contributed by atoms with Gasteiger partial charge < -0.3 is 25.5 Å². The second-order valence-corrected chi connectivity index (χ2v) is 32.6. The fourth-order valence-corrected chi connectivity index (χ4v) is 16.4. The summed E-state index contributed by atoms with van der Waals surface area (Å²) in [6.07, 6.45) is 26.5. The van der Waals surface area contributed by atoms with Crippen LogP contribution in [-0.2, 0) is 71.5 Å². The number of benzene rings is 6. The van der Waals surface area contributed by atoms with E-state index >= 15 is 0 Å². The number of nitrogens with zero attached hydrogens (tertiary/aromatic N) is 3. The first-order valence-corrected chi connectivity index (χ1v) is 43.6. The van der Waals surface area contributed by atoms with Gasteiger partial charge in [-0.25, -0.2) is 0 Å². The summed E-state index contributed by atoms with van der Waals surface area (Å²) in [5, 5.41) is 53.0. The third-order valence-corrected chi connectivity index (χ3v) is 23.5. The summed E-state index contributed by atoms with van der Waals surface area (Å²) >= 11 is 0. The Morgan fingerprint density at radius 3 is 1.17 bits per heavy atom. The molecule has 116 heavy (non-hydrogen) atoms. The van der Waals surface area contributed by atoms with Crippen LogP contribution in [0.3, 0.4) is 0 Å². The Balaban J connectivity index is 0.000000363. The number of allylic oxidation sites excluding steroid dienone is 4. The van der Waals surface area contributed by atoms with E-state index in [-0.39, 0.29) is 107 Å². The van der Waals surface area contributed by atoms with Crippen molar-refractivity contribution in [2.75, 3.05) is 0 Å². The first-order valence-electron chi connectivity index (χ1n) is 43.6. The van der Waals surface area contributed by atoms with E-state index in [1.165, 1.54) is 118 Å². The van der Waals surface area contributed by atoms with Crippen molar-refractivity contribution in [2.24, 2.45) is 41.4 Å². The second kappa shape index (κ2) is 54.1. The molecule has 3 radical (unpaired) electrons. The van der Waals surface area contributed by atoms with Crippen molar-refractivity contribution in [3.63, 3.8) is 0 Å². The molecular formula is C104H142Ir3N3O6-3. The summed E-state index contributed by atoms with van der Waals surface area (Å²) in [7, 11) is 0. The summed E-state index contributed by atoms with van der Waals surface area (Å²) in [6.45, 7) is 41.7. The Labute approximate surface area is 741 Å². The monoisotopic (exact) mass is 2110 g/mol. The molecule has 2 unspecified atom stereocenters. The molecule has 0 spiro atoms. The predicted molar refractivity (Wildman–Crippen MR) is 481 cm³/mol. The molecule has 3 aromatic heterocycles. The first kappa shape index (κ1) is 104. The summed E-state index contributed by atoms with van der Waals surface area (Å²) in [5.74, 6) is 4.31. The van der Waals surface area contributed by atoms with E-state index in [0.29, 0.717) is 17.4 Å². The number of pyridine rings is 3. The van der Waals surface area contributed by atoms with Gasteiger partial charge in [-0.1, -0.05) is 263 Å². The molecule has 2 aliphatic rings. The molecular weight excluding hydrogens is 1960 g/mol. The summed E-state index contributed by atoms with van der Waals surface area (Å²) in [5.41, 5.74) is 21.2. The molecule has 0 amide bonds. The van der Waals surface area contributed by atoms with E-state index in [2.05, 4.69) is 256 Å². The number of fused-ring (bicyclic) bond motifs is 3. The average molecular weight is 2110 g/mol. The fourth-order valence-electron chi connectivity index (χ4n) is 16.4. The number of aryl methyl sites for hydroxylation is 6. The van der Waals surface area contributed by atoms with E-state index in [0.717, 1.165) is 151 Å². The van der Waals surface area contributed by atoms with Crippen molar-refractivity contribution in [3.8, 4) is 33.8 Å². The van der Waals surface area contributed by atoms with Crippen molar-refractivity contribution >= 4 is 38.5 Å². The number of hydrogen-bond acceptors (Lipinski definition) is 9. The van der Waals surface area contributed by atoms with Crippen LogP contribution < -0.4 is 0 Å². The van der Waals surface area contributed by atoms with E-state index < -0.39 is 12.2 Å². The van der Waals surface area contributed by atoms with Crippen LogP contribution in [0, 0.1) is 101 Å². The molecule has 12 heteroatoms. The standard InChI is InChI=1S/2C22H22N.C21H22N.2C13H26O2.C13H24O2.3Ir/c1-15-12-16(2)14-18(13-15)21-11-10-20-19(17-6-3-4-7-17)8-5-9-22(20)23-21;1-15-11-16(2)13-20(12-15)21-10-9-18-7-8-19(14-22(18)23-21)17-5-3-4-6-17;1-14(2)10-17-6-5-7-21-19(17)8-9-20(22-21)18-12-15(3)11-16(4)13-18;3*1-5-10(6-2)12(14)9-13(15)11(7-3)8-4;;;/h5,8-13,17H,3-4,6-7H2,1-2H3;7-12,14,17H,3-6H2,1-2H3;5-9,11-12,14H,10H2,1-4H3;2*9-12,14-15H,5-8H2,1-4H3;9-11,14H,5-8H2,1-4H3;;;/q3*-1;;;;;;. The molecule has 0 saturated heterocycles. The molecule has 2 aliphatic carbocycles. The summed E-state index contributed by atoms with van der Waals surface area (Å²) < 4.78 is 0. The van der Waals surface area contributed by atoms with Gasteiger partial charge in [-0.15, -0.1) is 105 Å².